The Balaban J connectivity index is 1.48. The van der Waals surface area contributed by atoms with Gasteiger partial charge in [-0.25, -0.2) is 9.18 Å². The zero-order chi connectivity index (χ0) is 23.9. The molecule has 0 saturated carbocycles. The first-order valence-electron chi connectivity index (χ1n) is 10.5. The second kappa shape index (κ2) is 10.4. The number of carbonyl (C=O) groups is 2. The number of aromatic amines is 1. The van der Waals surface area contributed by atoms with Gasteiger partial charge in [0.2, 0.25) is 5.91 Å². The van der Waals surface area contributed by atoms with Gasteiger partial charge in [0.1, 0.15) is 18.5 Å². The number of halogens is 1. The SMILES string of the molecule is C[C@H](NC(=O)OCc1ccccc1)C(=O)Nc1n[nH]c(-c2ccc(F)cc2)c1-c1ccncc1. The van der Waals surface area contributed by atoms with Crippen molar-refractivity contribution in [2.24, 2.45) is 0 Å². The highest BCUT2D eigenvalue weighted by Gasteiger charge is 2.22. The molecule has 172 valence electrons. The number of benzene rings is 2. The molecule has 0 saturated heterocycles. The predicted octanol–water partition coefficient (Wildman–Crippen LogP) is 4.53. The van der Waals surface area contributed by atoms with E-state index in [1.807, 2.05) is 30.3 Å². The summed E-state index contributed by atoms with van der Waals surface area (Å²) in [5.41, 5.74) is 3.49. The number of pyridine rings is 1. The van der Waals surface area contributed by atoms with E-state index in [1.54, 1.807) is 43.6 Å². The molecule has 2 aromatic carbocycles. The maximum Gasteiger partial charge on any atom is 0.408 e. The van der Waals surface area contributed by atoms with Gasteiger partial charge in [0.15, 0.2) is 5.82 Å². The molecule has 4 rings (SSSR count). The third-order valence-electron chi connectivity index (χ3n) is 5.05. The fourth-order valence-electron chi connectivity index (χ4n) is 3.29. The van der Waals surface area contributed by atoms with Crippen LogP contribution in [0.3, 0.4) is 0 Å². The van der Waals surface area contributed by atoms with Gasteiger partial charge in [-0.15, -0.1) is 0 Å². The zero-order valence-electron chi connectivity index (χ0n) is 18.3. The van der Waals surface area contributed by atoms with Crippen LogP contribution in [0.1, 0.15) is 12.5 Å². The van der Waals surface area contributed by atoms with Gasteiger partial charge in [0.25, 0.3) is 0 Å². The van der Waals surface area contributed by atoms with E-state index in [0.717, 1.165) is 11.1 Å². The standard InChI is InChI=1S/C25H22FN5O3/c1-16(28-25(33)34-15-17-5-3-2-4-6-17)24(32)29-23-21(18-11-13-27-14-12-18)22(30-31-23)19-7-9-20(26)10-8-19/h2-14,16H,15H2,1H3,(H,28,33)(H2,29,30,31,32)/t16-/m0/s1. The topological polar surface area (TPSA) is 109 Å². The van der Waals surface area contributed by atoms with Crippen LogP contribution in [0, 0.1) is 5.82 Å². The Morgan fingerprint density at radius 2 is 1.71 bits per heavy atom. The summed E-state index contributed by atoms with van der Waals surface area (Å²) in [7, 11) is 0. The number of hydrogen-bond acceptors (Lipinski definition) is 5. The molecule has 0 radical (unpaired) electrons. The highest BCUT2D eigenvalue weighted by Crippen LogP contribution is 2.35. The Morgan fingerprint density at radius 1 is 1.00 bits per heavy atom. The summed E-state index contributed by atoms with van der Waals surface area (Å²) in [6, 6.07) is 17.8. The number of nitrogens with zero attached hydrogens (tertiary/aromatic N) is 2. The number of rotatable bonds is 7. The second-order valence-electron chi connectivity index (χ2n) is 7.48. The van der Waals surface area contributed by atoms with Gasteiger partial charge in [0.05, 0.1) is 11.3 Å². The maximum atomic E-state index is 13.4. The van der Waals surface area contributed by atoms with Gasteiger partial charge >= 0.3 is 6.09 Å². The number of nitrogens with one attached hydrogen (secondary N) is 3. The Labute approximate surface area is 195 Å². The fraction of sp³-hybridized carbons (Fsp3) is 0.120. The maximum absolute atomic E-state index is 13.4. The van der Waals surface area contributed by atoms with Crippen LogP contribution in [-0.2, 0) is 16.1 Å². The molecule has 9 heteroatoms. The molecule has 4 aromatic rings. The minimum atomic E-state index is -0.889. The molecule has 8 nitrogen and oxygen atoms in total. The molecule has 0 bridgehead atoms. The van der Waals surface area contributed by atoms with E-state index in [0.29, 0.717) is 16.8 Å². The van der Waals surface area contributed by atoms with Crippen molar-refractivity contribution in [2.75, 3.05) is 5.32 Å². The number of alkyl carbamates (subject to hydrolysis) is 1. The van der Waals surface area contributed by atoms with Crippen molar-refractivity contribution in [3.63, 3.8) is 0 Å². The summed E-state index contributed by atoms with van der Waals surface area (Å²) < 4.78 is 18.6. The Kier molecular flexibility index (Phi) is 6.92. The molecule has 2 amide bonds. The minimum absolute atomic E-state index is 0.0909. The van der Waals surface area contributed by atoms with Gasteiger partial charge in [-0.05, 0) is 54.4 Å². The number of amides is 2. The molecule has 3 N–H and O–H groups in total. The first kappa shape index (κ1) is 22.7. The van der Waals surface area contributed by atoms with Gasteiger partial charge in [0, 0.05) is 18.0 Å². The molecule has 34 heavy (non-hydrogen) atoms. The van der Waals surface area contributed by atoms with E-state index in [1.165, 1.54) is 12.1 Å². The Hall–Kier alpha value is -4.53. The van der Waals surface area contributed by atoms with Gasteiger partial charge in [-0.3, -0.25) is 14.9 Å². The van der Waals surface area contributed by atoms with Gasteiger partial charge in [-0.2, -0.15) is 5.10 Å². The van der Waals surface area contributed by atoms with E-state index >= 15 is 0 Å². The summed E-state index contributed by atoms with van der Waals surface area (Å²) in [6.07, 6.45) is 2.53. The lowest BCUT2D eigenvalue weighted by Crippen LogP contribution is -2.41. The van der Waals surface area contributed by atoms with Crippen LogP contribution >= 0.6 is 0 Å². The van der Waals surface area contributed by atoms with Crippen LogP contribution in [0.15, 0.2) is 79.1 Å². The summed E-state index contributed by atoms with van der Waals surface area (Å²) in [4.78, 5) is 28.9. The highest BCUT2D eigenvalue weighted by atomic mass is 19.1. The molecule has 0 aliphatic rings. The fourth-order valence-corrected chi connectivity index (χ4v) is 3.29. The van der Waals surface area contributed by atoms with Gasteiger partial charge in [-0.1, -0.05) is 30.3 Å². The summed E-state index contributed by atoms with van der Waals surface area (Å²) in [6.45, 7) is 1.63. The van der Waals surface area contributed by atoms with Crippen molar-refractivity contribution in [1.82, 2.24) is 20.5 Å². The molecule has 2 aromatic heterocycles. The van der Waals surface area contributed by atoms with Gasteiger partial charge < -0.3 is 15.4 Å². The monoisotopic (exact) mass is 459 g/mol. The first-order chi connectivity index (χ1) is 16.5. The molecule has 2 heterocycles. The second-order valence-corrected chi connectivity index (χ2v) is 7.48. The summed E-state index contributed by atoms with van der Waals surface area (Å²) >= 11 is 0. The number of carbonyl (C=O) groups excluding carboxylic acids is 2. The van der Waals surface area contributed by atoms with Crippen LogP contribution in [0.5, 0.6) is 0 Å². The average Bonchev–Trinajstić information content (AvgIpc) is 3.27. The quantitative estimate of drug-likeness (QED) is 0.376. The number of aromatic nitrogens is 3. The molecular weight excluding hydrogens is 437 g/mol. The molecule has 0 spiro atoms. The number of anilines is 1. The van der Waals surface area contributed by atoms with Crippen molar-refractivity contribution in [3.8, 4) is 22.4 Å². The van der Waals surface area contributed by atoms with Crippen molar-refractivity contribution in [2.45, 2.75) is 19.6 Å². The molecule has 0 aliphatic carbocycles. The zero-order valence-corrected chi connectivity index (χ0v) is 18.3. The summed E-state index contributed by atoms with van der Waals surface area (Å²) in [5.74, 6) is -0.577. The third kappa shape index (κ3) is 5.44. The molecular formula is C25H22FN5O3. The lowest BCUT2D eigenvalue weighted by molar-refractivity contribution is -0.117. The molecule has 1 atom stereocenters. The van der Waals surface area contributed by atoms with Crippen molar-refractivity contribution < 1.29 is 18.7 Å². The van der Waals surface area contributed by atoms with E-state index < -0.39 is 18.0 Å². The van der Waals surface area contributed by atoms with Crippen LogP contribution in [-0.4, -0.2) is 33.2 Å². The number of H-pyrrole nitrogens is 1. The van der Waals surface area contributed by atoms with E-state index in [-0.39, 0.29) is 18.2 Å². The first-order valence-corrected chi connectivity index (χ1v) is 10.5. The lowest BCUT2D eigenvalue weighted by atomic mass is 10.0. The summed E-state index contributed by atoms with van der Waals surface area (Å²) in [5, 5.41) is 12.4. The van der Waals surface area contributed by atoms with Crippen LogP contribution in [0.2, 0.25) is 0 Å². The van der Waals surface area contributed by atoms with Crippen molar-refractivity contribution in [3.05, 3.63) is 90.5 Å². The molecule has 0 unspecified atom stereocenters. The smallest absolute Gasteiger partial charge is 0.408 e. The minimum Gasteiger partial charge on any atom is -0.445 e. The molecule has 0 fully saturated rings. The Bertz CT molecular complexity index is 1260. The van der Waals surface area contributed by atoms with Crippen molar-refractivity contribution in [1.29, 1.82) is 0 Å². The van der Waals surface area contributed by atoms with E-state index in [2.05, 4.69) is 25.8 Å². The third-order valence-corrected chi connectivity index (χ3v) is 5.05. The average molecular weight is 459 g/mol. The van der Waals surface area contributed by atoms with E-state index in [9.17, 15) is 14.0 Å². The number of hydrogen-bond donors (Lipinski definition) is 3. The highest BCUT2D eigenvalue weighted by molar-refractivity contribution is 6.00. The molecule has 0 aliphatic heterocycles. The van der Waals surface area contributed by atoms with Crippen LogP contribution < -0.4 is 10.6 Å². The van der Waals surface area contributed by atoms with Crippen LogP contribution in [0.25, 0.3) is 22.4 Å². The predicted molar refractivity (Wildman–Crippen MR) is 125 cm³/mol. The Morgan fingerprint density at radius 3 is 2.41 bits per heavy atom. The van der Waals surface area contributed by atoms with Crippen molar-refractivity contribution >= 4 is 17.8 Å². The van der Waals surface area contributed by atoms with E-state index in [4.69, 9.17) is 4.74 Å². The lowest BCUT2D eigenvalue weighted by Gasteiger charge is -2.14. The largest absolute Gasteiger partial charge is 0.445 e. The van der Waals surface area contributed by atoms with Crippen LogP contribution in [0.4, 0.5) is 15.0 Å². The normalized spacial score (nSPS) is 11.5. The number of ether oxygens (including phenoxy) is 1.